The van der Waals surface area contributed by atoms with Crippen LogP contribution in [0.5, 0.6) is 11.5 Å². The number of methoxy groups -OCH3 is 2. The Morgan fingerprint density at radius 3 is 2.47 bits per heavy atom. The third-order valence-corrected chi connectivity index (χ3v) is 2.12. The number of benzene rings is 1. The molecule has 1 N–H and O–H groups in total. The van der Waals surface area contributed by atoms with Crippen LogP contribution in [0.2, 0.25) is 0 Å². The van der Waals surface area contributed by atoms with Gasteiger partial charge in [-0.25, -0.2) is 4.79 Å². The first-order chi connectivity index (χ1) is 8.17. The number of carbonyl (C=O) groups is 1. The zero-order valence-corrected chi connectivity index (χ0v) is 9.93. The van der Waals surface area contributed by atoms with Crippen LogP contribution in [0.4, 0.5) is 0 Å². The summed E-state index contributed by atoms with van der Waals surface area (Å²) in [5.74, 6) is -0.0601. The van der Waals surface area contributed by atoms with E-state index in [1.54, 1.807) is 13.2 Å². The second kappa shape index (κ2) is 6.75. The van der Waals surface area contributed by atoms with Crippen LogP contribution in [-0.4, -0.2) is 38.5 Å². The van der Waals surface area contributed by atoms with Gasteiger partial charge in [-0.1, -0.05) is 0 Å². The van der Waals surface area contributed by atoms with Crippen LogP contribution in [0, 0.1) is 0 Å². The largest absolute Gasteiger partial charge is 0.497 e. The molecule has 1 rings (SSSR count). The highest BCUT2D eigenvalue weighted by molar-refractivity contribution is 5.88. The fourth-order valence-corrected chi connectivity index (χ4v) is 1.29. The van der Waals surface area contributed by atoms with E-state index in [4.69, 9.17) is 19.3 Å². The van der Waals surface area contributed by atoms with Crippen molar-refractivity contribution < 1.29 is 24.1 Å². The number of carboxylic acids is 1. The van der Waals surface area contributed by atoms with Crippen LogP contribution < -0.4 is 9.47 Å². The maximum Gasteiger partial charge on any atom is 0.335 e. The Hall–Kier alpha value is -1.75. The molecule has 0 saturated carbocycles. The van der Waals surface area contributed by atoms with Gasteiger partial charge in [0.05, 0.1) is 19.3 Å². The molecule has 0 heterocycles. The van der Waals surface area contributed by atoms with Crippen molar-refractivity contribution >= 4 is 5.97 Å². The molecule has 0 unspecified atom stereocenters. The van der Waals surface area contributed by atoms with Gasteiger partial charge in [0, 0.05) is 26.2 Å². The van der Waals surface area contributed by atoms with Gasteiger partial charge in [0.25, 0.3) is 0 Å². The molecule has 0 aromatic heterocycles. The average molecular weight is 240 g/mol. The first-order valence-corrected chi connectivity index (χ1v) is 5.21. The molecule has 1 aromatic carbocycles. The van der Waals surface area contributed by atoms with Crippen molar-refractivity contribution in [1.82, 2.24) is 0 Å². The molecule has 0 fully saturated rings. The zero-order chi connectivity index (χ0) is 12.7. The lowest BCUT2D eigenvalue weighted by Crippen LogP contribution is -2.03. The number of ether oxygens (including phenoxy) is 3. The van der Waals surface area contributed by atoms with Crippen molar-refractivity contribution in [2.24, 2.45) is 0 Å². The molecule has 0 aliphatic heterocycles. The number of carboxylic acid groups (broad SMARTS) is 1. The van der Waals surface area contributed by atoms with Gasteiger partial charge >= 0.3 is 5.97 Å². The Balaban J connectivity index is 2.70. The predicted octanol–water partition coefficient (Wildman–Crippen LogP) is 1.81. The molecule has 1 aromatic rings. The summed E-state index contributed by atoms with van der Waals surface area (Å²) in [6, 6.07) is 4.57. The quantitative estimate of drug-likeness (QED) is 0.736. The van der Waals surface area contributed by atoms with Crippen LogP contribution in [0.1, 0.15) is 16.8 Å². The molecule has 17 heavy (non-hydrogen) atoms. The number of hydrogen-bond donors (Lipinski definition) is 1. The summed E-state index contributed by atoms with van der Waals surface area (Å²) in [7, 11) is 3.10. The van der Waals surface area contributed by atoms with E-state index in [0.29, 0.717) is 24.7 Å². The molecule has 94 valence electrons. The second-order valence-electron chi connectivity index (χ2n) is 3.40. The summed E-state index contributed by atoms with van der Waals surface area (Å²) in [6.45, 7) is 1.08. The zero-order valence-electron chi connectivity index (χ0n) is 9.93. The molecule has 0 aliphatic carbocycles. The average Bonchev–Trinajstić information content (AvgIpc) is 2.34. The van der Waals surface area contributed by atoms with Crippen molar-refractivity contribution in [1.29, 1.82) is 0 Å². The third-order valence-electron chi connectivity index (χ3n) is 2.12. The van der Waals surface area contributed by atoms with E-state index >= 15 is 0 Å². The summed E-state index contributed by atoms with van der Waals surface area (Å²) < 4.78 is 15.3. The van der Waals surface area contributed by atoms with E-state index in [9.17, 15) is 4.79 Å². The molecule has 0 bridgehead atoms. The number of aromatic carboxylic acids is 1. The molecule has 0 atom stereocenters. The molecule has 0 saturated heterocycles. The third kappa shape index (κ3) is 4.32. The van der Waals surface area contributed by atoms with E-state index < -0.39 is 5.97 Å². The lowest BCUT2D eigenvalue weighted by Gasteiger charge is -2.09. The monoisotopic (exact) mass is 240 g/mol. The van der Waals surface area contributed by atoms with Gasteiger partial charge in [0.2, 0.25) is 0 Å². The minimum atomic E-state index is -1.01. The SMILES string of the molecule is COCCCOc1cc(OC)cc(C(=O)O)c1. The standard InChI is InChI=1S/C12H16O5/c1-15-4-3-5-17-11-7-9(12(13)14)6-10(8-11)16-2/h6-8H,3-5H2,1-2H3,(H,13,14). The highest BCUT2D eigenvalue weighted by Crippen LogP contribution is 2.22. The fourth-order valence-electron chi connectivity index (χ4n) is 1.29. The molecule has 0 spiro atoms. The van der Waals surface area contributed by atoms with Gasteiger partial charge in [-0.05, 0) is 12.1 Å². The Bertz CT molecular complexity index is 375. The smallest absolute Gasteiger partial charge is 0.335 e. The maximum absolute atomic E-state index is 10.9. The molecular formula is C12H16O5. The van der Waals surface area contributed by atoms with E-state index in [0.717, 1.165) is 6.42 Å². The predicted molar refractivity (Wildman–Crippen MR) is 61.9 cm³/mol. The molecule has 5 nitrogen and oxygen atoms in total. The van der Waals surface area contributed by atoms with Crippen molar-refractivity contribution in [2.75, 3.05) is 27.4 Å². The van der Waals surface area contributed by atoms with Crippen LogP contribution in [0.3, 0.4) is 0 Å². The van der Waals surface area contributed by atoms with Crippen molar-refractivity contribution in [3.63, 3.8) is 0 Å². The minimum absolute atomic E-state index is 0.145. The number of hydrogen-bond acceptors (Lipinski definition) is 4. The normalized spacial score (nSPS) is 10.0. The van der Waals surface area contributed by atoms with Crippen LogP contribution >= 0.6 is 0 Å². The lowest BCUT2D eigenvalue weighted by atomic mass is 10.2. The molecule has 0 aliphatic rings. The maximum atomic E-state index is 10.9. The highest BCUT2D eigenvalue weighted by atomic mass is 16.5. The van der Waals surface area contributed by atoms with Crippen LogP contribution in [-0.2, 0) is 4.74 Å². The summed E-state index contributed by atoms with van der Waals surface area (Å²) in [6.07, 6.45) is 0.746. The Kier molecular flexibility index (Phi) is 5.29. The van der Waals surface area contributed by atoms with E-state index in [2.05, 4.69) is 0 Å². The number of rotatable bonds is 7. The van der Waals surface area contributed by atoms with Gasteiger partial charge in [-0.2, -0.15) is 0 Å². The molecular weight excluding hydrogens is 224 g/mol. The van der Waals surface area contributed by atoms with E-state index in [1.165, 1.54) is 19.2 Å². The molecule has 5 heteroatoms. The van der Waals surface area contributed by atoms with Gasteiger partial charge < -0.3 is 19.3 Å². The summed E-state index contributed by atoms with van der Waals surface area (Å²) >= 11 is 0. The van der Waals surface area contributed by atoms with Gasteiger partial charge in [-0.15, -0.1) is 0 Å². The van der Waals surface area contributed by atoms with Crippen molar-refractivity contribution in [2.45, 2.75) is 6.42 Å². The highest BCUT2D eigenvalue weighted by Gasteiger charge is 2.08. The Labute approximate surface area is 99.9 Å². The summed E-state index contributed by atoms with van der Waals surface area (Å²) in [4.78, 5) is 10.9. The summed E-state index contributed by atoms with van der Waals surface area (Å²) in [5.41, 5.74) is 0.145. The van der Waals surface area contributed by atoms with Crippen LogP contribution in [0.25, 0.3) is 0 Å². The Morgan fingerprint density at radius 1 is 1.18 bits per heavy atom. The van der Waals surface area contributed by atoms with Gasteiger partial charge in [0.15, 0.2) is 0 Å². The van der Waals surface area contributed by atoms with Gasteiger partial charge in [0.1, 0.15) is 11.5 Å². The Morgan fingerprint density at radius 2 is 1.88 bits per heavy atom. The minimum Gasteiger partial charge on any atom is -0.497 e. The lowest BCUT2D eigenvalue weighted by molar-refractivity contribution is 0.0696. The first kappa shape index (κ1) is 13.3. The van der Waals surface area contributed by atoms with Crippen molar-refractivity contribution in [3.05, 3.63) is 23.8 Å². The van der Waals surface area contributed by atoms with E-state index in [1.807, 2.05) is 0 Å². The summed E-state index contributed by atoms with van der Waals surface area (Å²) in [5, 5.41) is 8.91. The first-order valence-electron chi connectivity index (χ1n) is 5.21. The topological polar surface area (TPSA) is 65.0 Å². The van der Waals surface area contributed by atoms with Crippen molar-refractivity contribution in [3.8, 4) is 11.5 Å². The van der Waals surface area contributed by atoms with E-state index in [-0.39, 0.29) is 5.56 Å². The van der Waals surface area contributed by atoms with Gasteiger partial charge in [-0.3, -0.25) is 0 Å². The fraction of sp³-hybridized carbons (Fsp3) is 0.417. The molecule has 0 amide bonds. The van der Waals surface area contributed by atoms with Crippen LogP contribution in [0.15, 0.2) is 18.2 Å². The molecule has 0 radical (unpaired) electrons. The second-order valence-corrected chi connectivity index (χ2v) is 3.40.